The number of carboxylic acid groups (broad SMARTS) is 1. The maximum Gasteiger partial charge on any atom is 0.326 e. The fraction of sp³-hybridized carbons (Fsp3) is 0.846. The van der Waals surface area contributed by atoms with Crippen LogP contribution in [0.15, 0.2) is 0 Å². The number of aliphatic carboxylic acids is 1. The van der Waals surface area contributed by atoms with Gasteiger partial charge in [0.05, 0.1) is 0 Å². The summed E-state index contributed by atoms with van der Waals surface area (Å²) in [6.07, 6.45) is 0.947. The zero-order chi connectivity index (χ0) is 15.5. The lowest BCUT2D eigenvalue weighted by atomic mass is 10.1. The predicted octanol–water partition coefficient (Wildman–Crippen LogP) is -0.929. The number of amides is 2. The summed E-state index contributed by atoms with van der Waals surface area (Å²) in [5.41, 5.74) is 0. The van der Waals surface area contributed by atoms with E-state index in [1.165, 1.54) is 0 Å². The Balaban J connectivity index is 2.18. The van der Waals surface area contributed by atoms with Crippen LogP contribution in [0.25, 0.3) is 0 Å². The first-order valence-corrected chi connectivity index (χ1v) is 7.32. The molecular weight excluding hydrogens is 276 g/mol. The number of carbonyl (C=O) groups excluding carboxylic acids is 1. The van der Waals surface area contributed by atoms with Crippen molar-refractivity contribution in [1.29, 1.82) is 0 Å². The molecule has 2 amide bonds. The first-order valence-electron chi connectivity index (χ1n) is 7.32. The molecule has 1 rings (SSSR count). The molecule has 0 aromatic heterocycles. The number of nitrogens with zero attached hydrogens (tertiary/aromatic N) is 1. The van der Waals surface area contributed by atoms with Crippen molar-refractivity contribution in [2.45, 2.75) is 18.9 Å². The summed E-state index contributed by atoms with van der Waals surface area (Å²) in [6, 6.07) is -1.31. The minimum atomic E-state index is -1.02. The van der Waals surface area contributed by atoms with Crippen LogP contribution < -0.4 is 16.0 Å². The Morgan fingerprint density at radius 2 is 2.10 bits per heavy atom. The van der Waals surface area contributed by atoms with Crippen molar-refractivity contribution in [2.24, 2.45) is 0 Å². The summed E-state index contributed by atoms with van der Waals surface area (Å²) in [5, 5.41) is 17.5. The molecule has 0 aromatic rings. The Kier molecular flexibility index (Phi) is 8.72. The Morgan fingerprint density at radius 1 is 1.38 bits per heavy atom. The molecule has 8 nitrogen and oxygen atoms in total. The summed E-state index contributed by atoms with van der Waals surface area (Å²) in [5.74, 6) is -1.02. The maximum absolute atomic E-state index is 11.7. The molecule has 1 fully saturated rings. The molecule has 0 saturated carbocycles. The van der Waals surface area contributed by atoms with Crippen molar-refractivity contribution in [1.82, 2.24) is 20.9 Å². The number of hydrogen-bond donors (Lipinski definition) is 4. The molecule has 1 saturated heterocycles. The van der Waals surface area contributed by atoms with Gasteiger partial charge < -0.3 is 25.8 Å². The van der Waals surface area contributed by atoms with Gasteiger partial charge in [-0.05, 0) is 12.8 Å². The van der Waals surface area contributed by atoms with Gasteiger partial charge in [0, 0.05) is 53.0 Å². The maximum atomic E-state index is 11.7. The van der Waals surface area contributed by atoms with E-state index in [-0.39, 0.29) is 0 Å². The van der Waals surface area contributed by atoms with E-state index in [2.05, 4.69) is 20.9 Å². The lowest BCUT2D eigenvalue weighted by Crippen LogP contribution is -2.49. The third-order valence-electron chi connectivity index (χ3n) is 3.37. The van der Waals surface area contributed by atoms with Gasteiger partial charge in [0.1, 0.15) is 6.04 Å². The minimum Gasteiger partial charge on any atom is -0.480 e. The quantitative estimate of drug-likeness (QED) is 0.410. The lowest BCUT2D eigenvalue weighted by molar-refractivity contribution is -0.139. The van der Waals surface area contributed by atoms with Gasteiger partial charge in [0.15, 0.2) is 0 Å². The van der Waals surface area contributed by atoms with E-state index < -0.39 is 18.0 Å². The highest BCUT2D eigenvalue weighted by atomic mass is 16.5. The lowest BCUT2D eigenvalue weighted by Gasteiger charge is -2.27. The van der Waals surface area contributed by atoms with Crippen molar-refractivity contribution in [3.8, 4) is 0 Å². The average molecular weight is 302 g/mol. The van der Waals surface area contributed by atoms with Crippen molar-refractivity contribution >= 4 is 12.0 Å². The number of carboxylic acids is 1. The Labute approximate surface area is 125 Å². The van der Waals surface area contributed by atoms with Gasteiger partial charge in [0.2, 0.25) is 0 Å². The van der Waals surface area contributed by atoms with E-state index in [1.54, 1.807) is 7.11 Å². The fourth-order valence-corrected chi connectivity index (χ4v) is 2.16. The predicted molar refractivity (Wildman–Crippen MR) is 78.4 cm³/mol. The molecule has 4 N–H and O–H groups in total. The molecule has 8 heteroatoms. The normalized spacial score (nSPS) is 17.2. The number of rotatable bonds is 9. The standard InChI is InChI=1S/C13H26N4O4/c1-21-10-2-3-11(12(18)19)16-13(20)15-6-9-17-7-4-14-5-8-17/h11,14H,2-10H2,1H3,(H,18,19)(H2,15,16,20). The summed E-state index contributed by atoms with van der Waals surface area (Å²) in [7, 11) is 1.56. The highest BCUT2D eigenvalue weighted by molar-refractivity contribution is 5.82. The van der Waals surface area contributed by atoms with Crippen LogP contribution in [-0.4, -0.2) is 81.0 Å². The third kappa shape index (κ3) is 7.84. The van der Waals surface area contributed by atoms with Crippen molar-refractivity contribution in [2.75, 3.05) is 53.0 Å². The van der Waals surface area contributed by atoms with Gasteiger partial charge in [-0.15, -0.1) is 0 Å². The monoisotopic (exact) mass is 302 g/mol. The van der Waals surface area contributed by atoms with Crippen LogP contribution >= 0.6 is 0 Å². The Hall–Kier alpha value is -1.38. The topological polar surface area (TPSA) is 103 Å². The highest BCUT2D eigenvalue weighted by Gasteiger charge is 2.19. The molecule has 0 aliphatic carbocycles. The van der Waals surface area contributed by atoms with Crippen molar-refractivity contribution in [3.63, 3.8) is 0 Å². The van der Waals surface area contributed by atoms with Crippen LogP contribution in [0.3, 0.4) is 0 Å². The van der Waals surface area contributed by atoms with E-state index in [0.717, 1.165) is 32.7 Å². The Morgan fingerprint density at radius 3 is 2.71 bits per heavy atom. The molecule has 1 unspecified atom stereocenters. The number of nitrogens with one attached hydrogen (secondary N) is 3. The molecule has 0 spiro atoms. The molecule has 122 valence electrons. The van der Waals surface area contributed by atoms with E-state index >= 15 is 0 Å². The largest absolute Gasteiger partial charge is 0.480 e. The van der Waals surface area contributed by atoms with Crippen LogP contribution in [0.2, 0.25) is 0 Å². The van der Waals surface area contributed by atoms with Crippen molar-refractivity contribution < 1.29 is 19.4 Å². The van der Waals surface area contributed by atoms with Gasteiger partial charge in [-0.3, -0.25) is 4.90 Å². The van der Waals surface area contributed by atoms with E-state index in [1.807, 2.05) is 0 Å². The van der Waals surface area contributed by atoms with Gasteiger partial charge >= 0.3 is 12.0 Å². The number of piperazine rings is 1. The average Bonchev–Trinajstić information content (AvgIpc) is 2.47. The fourth-order valence-electron chi connectivity index (χ4n) is 2.16. The number of carbonyl (C=O) groups is 2. The zero-order valence-electron chi connectivity index (χ0n) is 12.6. The van der Waals surface area contributed by atoms with Crippen LogP contribution in [0.1, 0.15) is 12.8 Å². The summed E-state index contributed by atoms with van der Waals surface area (Å²) < 4.78 is 4.88. The second-order valence-corrected chi connectivity index (χ2v) is 5.02. The van der Waals surface area contributed by atoms with Crippen LogP contribution in [0.5, 0.6) is 0 Å². The molecule has 0 aromatic carbocycles. The smallest absolute Gasteiger partial charge is 0.326 e. The van der Waals surface area contributed by atoms with E-state index in [0.29, 0.717) is 26.0 Å². The zero-order valence-corrected chi connectivity index (χ0v) is 12.6. The summed E-state index contributed by atoms with van der Waals surface area (Å²) in [6.45, 7) is 5.64. The van der Waals surface area contributed by atoms with Crippen molar-refractivity contribution in [3.05, 3.63) is 0 Å². The molecule has 1 heterocycles. The Bertz CT molecular complexity index is 321. The van der Waals surface area contributed by atoms with Gasteiger partial charge in [0.25, 0.3) is 0 Å². The number of urea groups is 1. The van der Waals surface area contributed by atoms with E-state index in [4.69, 9.17) is 9.84 Å². The van der Waals surface area contributed by atoms with Gasteiger partial charge in [-0.2, -0.15) is 0 Å². The summed E-state index contributed by atoms with van der Waals surface area (Å²) in [4.78, 5) is 25.0. The number of methoxy groups -OCH3 is 1. The SMILES string of the molecule is COCCCC(NC(=O)NCCN1CCNCC1)C(=O)O. The molecule has 1 aliphatic heterocycles. The molecule has 21 heavy (non-hydrogen) atoms. The highest BCUT2D eigenvalue weighted by Crippen LogP contribution is 1.98. The molecule has 1 aliphatic rings. The summed E-state index contributed by atoms with van der Waals surface area (Å²) >= 11 is 0. The van der Waals surface area contributed by atoms with Gasteiger partial charge in [-0.25, -0.2) is 9.59 Å². The third-order valence-corrected chi connectivity index (χ3v) is 3.37. The van der Waals surface area contributed by atoms with Crippen LogP contribution in [0.4, 0.5) is 4.79 Å². The second kappa shape index (κ2) is 10.4. The first kappa shape index (κ1) is 17.7. The first-order chi connectivity index (χ1) is 10.1. The van der Waals surface area contributed by atoms with Gasteiger partial charge in [-0.1, -0.05) is 0 Å². The molecule has 1 atom stereocenters. The van der Waals surface area contributed by atoms with Crippen LogP contribution in [0, 0.1) is 0 Å². The number of hydrogen-bond acceptors (Lipinski definition) is 5. The van der Waals surface area contributed by atoms with Crippen LogP contribution in [-0.2, 0) is 9.53 Å². The number of ether oxygens (including phenoxy) is 1. The molecule has 0 bridgehead atoms. The molecular formula is C13H26N4O4. The minimum absolute atomic E-state index is 0.356. The second-order valence-electron chi connectivity index (χ2n) is 5.02. The molecule has 0 radical (unpaired) electrons. The van der Waals surface area contributed by atoms with E-state index in [9.17, 15) is 9.59 Å².